The van der Waals surface area contributed by atoms with E-state index < -0.39 is 0 Å². The molecule has 1 aliphatic heterocycles. The summed E-state index contributed by atoms with van der Waals surface area (Å²) in [5.41, 5.74) is 0. The summed E-state index contributed by atoms with van der Waals surface area (Å²) in [6.45, 7) is 0. The molecule has 0 aliphatic carbocycles. The Morgan fingerprint density at radius 2 is 2.50 bits per heavy atom. The van der Waals surface area contributed by atoms with Gasteiger partial charge in [-0.3, -0.25) is 4.79 Å². The average molecular weight is 202 g/mol. The van der Waals surface area contributed by atoms with Gasteiger partial charge in [-0.1, -0.05) is 11.6 Å². The van der Waals surface area contributed by atoms with Gasteiger partial charge in [0.05, 0.1) is 11.1 Å². The molecule has 0 bridgehead atoms. The third kappa shape index (κ3) is 1.34. The average Bonchev–Trinajstić information content (AvgIpc) is 2.58. The van der Waals surface area contributed by atoms with E-state index >= 15 is 0 Å². The monoisotopic (exact) mass is 201 g/mol. The van der Waals surface area contributed by atoms with Crippen molar-refractivity contribution in [2.24, 2.45) is 0 Å². The smallest absolute Gasteiger partial charge is 0.220 e. The standard InChI is InChI=1S/C8H8ClNOS/c9-5-3-4-12-8(5)6-1-2-7(11)10-6/h3-4,6H,1-2H2,(H,10,11). The number of thiophene rings is 1. The molecular weight excluding hydrogens is 194 g/mol. The molecule has 1 aromatic rings. The second kappa shape index (κ2) is 3.07. The summed E-state index contributed by atoms with van der Waals surface area (Å²) >= 11 is 7.53. The lowest BCUT2D eigenvalue weighted by molar-refractivity contribution is -0.119. The van der Waals surface area contributed by atoms with Crippen LogP contribution in [0.5, 0.6) is 0 Å². The SMILES string of the molecule is O=C1CCC(c2sccc2Cl)N1. The third-order valence-corrected chi connectivity index (χ3v) is 3.43. The summed E-state index contributed by atoms with van der Waals surface area (Å²) in [6.07, 6.45) is 1.50. The van der Waals surface area contributed by atoms with Gasteiger partial charge in [-0.05, 0) is 17.9 Å². The summed E-state index contributed by atoms with van der Waals surface area (Å²) in [4.78, 5) is 12.0. The third-order valence-electron chi connectivity index (χ3n) is 1.96. The van der Waals surface area contributed by atoms with Crippen LogP contribution in [0.2, 0.25) is 5.02 Å². The largest absolute Gasteiger partial charge is 0.348 e. The normalized spacial score (nSPS) is 22.8. The van der Waals surface area contributed by atoms with Gasteiger partial charge in [0.15, 0.2) is 0 Å². The van der Waals surface area contributed by atoms with E-state index in [1.165, 1.54) is 0 Å². The maximum atomic E-state index is 10.9. The van der Waals surface area contributed by atoms with Crippen LogP contribution in [0, 0.1) is 0 Å². The van der Waals surface area contributed by atoms with Crippen molar-refractivity contribution in [3.05, 3.63) is 21.3 Å². The Hall–Kier alpha value is -0.540. The minimum absolute atomic E-state index is 0.129. The lowest BCUT2D eigenvalue weighted by Gasteiger charge is -2.06. The molecule has 2 nitrogen and oxygen atoms in total. The first kappa shape index (κ1) is 8.08. The topological polar surface area (TPSA) is 29.1 Å². The van der Waals surface area contributed by atoms with E-state index in [1.54, 1.807) is 11.3 Å². The summed E-state index contributed by atoms with van der Waals surface area (Å²) in [5.74, 6) is 0.129. The number of rotatable bonds is 1. The Balaban J connectivity index is 2.21. The van der Waals surface area contributed by atoms with E-state index in [4.69, 9.17) is 11.6 Å². The minimum atomic E-state index is 0.129. The van der Waals surface area contributed by atoms with E-state index in [9.17, 15) is 4.79 Å². The maximum absolute atomic E-state index is 10.9. The van der Waals surface area contributed by atoms with E-state index in [-0.39, 0.29) is 11.9 Å². The molecule has 2 heterocycles. The van der Waals surface area contributed by atoms with E-state index in [0.717, 1.165) is 16.3 Å². The molecule has 12 heavy (non-hydrogen) atoms. The molecule has 2 rings (SSSR count). The van der Waals surface area contributed by atoms with Gasteiger partial charge in [0.1, 0.15) is 0 Å². The lowest BCUT2D eigenvalue weighted by Crippen LogP contribution is -2.17. The van der Waals surface area contributed by atoms with E-state index in [2.05, 4.69) is 5.32 Å². The first-order valence-electron chi connectivity index (χ1n) is 3.79. The Labute approximate surface area is 79.5 Å². The van der Waals surface area contributed by atoms with Crippen LogP contribution in [0.1, 0.15) is 23.8 Å². The Morgan fingerprint density at radius 3 is 3.00 bits per heavy atom. The first-order chi connectivity index (χ1) is 5.77. The molecule has 0 aromatic carbocycles. The van der Waals surface area contributed by atoms with Crippen molar-refractivity contribution in [1.29, 1.82) is 0 Å². The molecule has 1 aliphatic rings. The highest BCUT2D eigenvalue weighted by Gasteiger charge is 2.24. The quantitative estimate of drug-likeness (QED) is 0.743. The lowest BCUT2D eigenvalue weighted by atomic mass is 10.2. The molecule has 1 aromatic heterocycles. The van der Waals surface area contributed by atoms with Gasteiger partial charge in [0.2, 0.25) is 5.91 Å². The zero-order valence-corrected chi connectivity index (χ0v) is 7.91. The molecule has 1 fully saturated rings. The zero-order chi connectivity index (χ0) is 8.55. The van der Waals surface area contributed by atoms with E-state index in [0.29, 0.717) is 6.42 Å². The van der Waals surface area contributed by atoms with Crippen molar-refractivity contribution in [3.8, 4) is 0 Å². The number of nitrogens with one attached hydrogen (secondary N) is 1. The van der Waals surface area contributed by atoms with Crippen LogP contribution in [0.15, 0.2) is 11.4 Å². The van der Waals surface area contributed by atoms with Crippen molar-refractivity contribution >= 4 is 28.8 Å². The fourth-order valence-electron chi connectivity index (χ4n) is 1.36. The number of amides is 1. The molecule has 64 valence electrons. The van der Waals surface area contributed by atoms with Crippen LogP contribution in [0.3, 0.4) is 0 Å². The molecule has 1 atom stereocenters. The van der Waals surface area contributed by atoms with Crippen LogP contribution in [-0.2, 0) is 4.79 Å². The van der Waals surface area contributed by atoms with Crippen LogP contribution in [-0.4, -0.2) is 5.91 Å². The molecule has 1 saturated heterocycles. The molecule has 4 heteroatoms. The Morgan fingerprint density at radius 1 is 1.67 bits per heavy atom. The Kier molecular flexibility index (Phi) is 2.07. The second-order valence-corrected chi connectivity index (χ2v) is 4.15. The van der Waals surface area contributed by atoms with Crippen LogP contribution in [0.4, 0.5) is 0 Å². The van der Waals surface area contributed by atoms with Gasteiger partial charge in [-0.2, -0.15) is 0 Å². The maximum Gasteiger partial charge on any atom is 0.220 e. The summed E-state index contributed by atoms with van der Waals surface area (Å²) < 4.78 is 0. The van der Waals surface area contributed by atoms with Gasteiger partial charge < -0.3 is 5.32 Å². The molecule has 0 saturated carbocycles. The highest BCUT2D eigenvalue weighted by Crippen LogP contribution is 2.33. The minimum Gasteiger partial charge on any atom is -0.348 e. The van der Waals surface area contributed by atoms with Crippen LogP contribution < -0.4 is 5.32 Å². The zero-order valence-electron chi connectivity index (χ0n) is 6.34. The highest BCUT2D eigenvalue weighted by molar-refractivity contribution is 7.10. The molecule has 0 radical (unpaired) electrons. The second-order valence-electron chi connectivity index (χ2n) is 2.79. The van der Waals surface area contributed by atoms with Gasteiger partial charge in [0.25, 0.3) is 0 Å². The van der Waals surface area contributed by atoms with Gasteiger partial charge >= 0.3 is 0 Å². The first-order valence-corrected chi connectivity index (χ1v) is 5.05. The van der Waals surface area contributed by atoms with Crippen LogP contribution >= 0.6 is 22.9 Å². The summed E-state index contributed by atoms with van der Waals surface area (Å²) in [5, 5.41) is 5.60. The van der Waals surface area contributed by atoms with Gasteiger partial charge in [-0.15, -0.1) is 11.3 Å². The predicted octanol–water partition coefficient (Wildman–Crippen LogP) is 2.35. The van der Waals surface area contributed by atoms with Crippen molar-refractivity contribution in [2.75, 3.05) is 0 Å². The molecule has 1 unspecified atom stereocenters. The summed E-state index contributed by atoms with van der Waals surface area (Å²) in [6, 6.07) is 2.02. The fourth-order valence-corrected chi connectivity index (χ4v) is 2.64. The number of carbonyl (C=O) groups excluding carboxylic acids is 1. The summed E-state index contributed by atoms with van der Waals surface area (Å²) in [7, 11) is 0. The fraction of sp³-hybridized carbons (Fsp3) is 0.375. The number of hydrogen-bond acceptors (Lipinski definition) is 2. The number of hydrogen-bond donors (Lipinski definition) is 1. The van der Waals surface area contributed by atoms with Gasteiger partial charge in [0, 0.05) is 11.3 Å². The van der Waals surface area contributed by atoms with Gasteiger partial charge in [-0.25, -0.2) is 0 Å². The molecule has 1 N–H and O–H groups in total. The molecular formula is C8H8ClNOS. The highest BCUT2D eigenvalue weighted by atomic mass is 35.5. The number of carbonyl (C=O) groups is 1. The number of halogens is 1. The van der Waals surface area contributed by atoms with Crippen molar-refractivity contribution < 1.29 is 4.79 Å². The predicted molar refractivity (Wildman–Crippen MR) is 49.4 cm³/mol. The Bertz CT molecular complexity index is 310. The van der Waals surface area contributed by atoms with Crippen LogP contribution in [0.25, 0.3) is 0 Å². The molecule has 0 spiro atoms. The van der Waals surface area contributed by atoms with Crippen molar-refractivity contribution in [3.63, 3.8) is 0 Å². The molecule has 1 amide bonds. The van der Waals surface area contributed by atoms with Crippen molar-refractivity contribution in [1.82, 2.24) is 5.32 Å². The van der Waals surface area contributed by atoms with Crippen molar-refractivity contribution in [2.45, 2.75) is 18.9 Å². The van der Waals surface area contributed by atoms with E-state index in [1.807, 2.05) is 11.4 Å².